The van der Waals surface area contributed by atoms with Gasteiger partial charge in [0, 0.05) is 41.1 Å². The van der Waals surface area contributed by atoms with E-state index in [4.69, 9.17) is 22.2 Å². The van der Waals surface area contributed by atoms with Crippen molar-refractivity contribution < 1.29 is 4.79 Å². The van der Waals surface area contributed by atoms with Crippen molar-refractivity contribution in [1.82, 2.24) is 14.7 Å². The molecule has 27 heavy (non-hydrogen) atoms. The Labute approximate surface area is 160 Å². The molecule has 0 aliphatic heterocycles. The fourth-order valence-electron chi connectivity index (χ4n) is 3.50. The SMILES string of the molecule is CN(CCN=[N+]=[N-])CCn1nc2c3c(cccc31)C(=O)c1c(Cl)cccc1-2. The van der Waals surface area contributed by atoms with Gasteiger partial charge in [-0.15, -0.1) is 0 Å². The first-order valence-electron chi connectivity index (χ1n) is 8.64. The van der Waals surface area contributed by atoms with Crippen LogP contribution in [-0.2, 0) is 6.54 Å². The Balaban J connectivity index is 1.73. The summed E-state index contributed by atoms with van der Waals surface area (Å²) in [6.45, 7) is 2.52. The van der Waals surface area contributed by atoms with E-state index in [2.05, 4.69) is 14.9 Å². The lowest BCUT2D eigenvalue weighted by Crippen LogP contribution is -2.26. The van der Waals surface area contributed by atoms with Crippen molar-refractivity contribution in [3.63, 3.8) is 0 Å². The molecule has 0 fully saturated rings. The second kappa shape index (κ2) is 7.04. The lowest BCUT2D eigenvalue weighted by atomic mass is 9.87. The van der Waals surface area contributed by atoms with Crippen LogP contribution in [0.3, 0.4) is 0 Å². The minimum atomic E-state index is -0.0558. The van der Waals surface area contributed by atoms with Crippen molar-refractivity contribution in [2.45, 2.75) is 6.54 Å². The van der Waals surface area contributed by atoms with E-state index < -0.39 is 0 Å². The molecule has 2 aromatic carbocycles. The van der Waals surface area contributed by atoms with E-state index in [0.717, 1.165) is 28.7 Å². The Kier molecular flexibility index (Phi) is 4.58. The number of carbonyl (C=O) groups excluding carboxylic acids is 1. The second-order valence-corrected chi connectivity index (χ2v) is 6.93. The zero-order valence-corrected chi connectivity index (χ0v) is 15.5. The van der Waals surface area contributed by atoms with Gasteiger partial charge in [-0.3, -0.25) is 9.48 Å². The van der Waals surface area contributed by atoms with Crippen LogP contribution in [-0.4, -0.2) is 47.1 Å². The number of azide groups is 1. The molecule has 3 aromatic rings. The third kappa shape index (κ3) is 2.96. The molecule has 0 spiro atoms. The highest BCUT2D eigenvalue weighted by atomic mass is 35.5. The Bertz CT molecular complexity index is 1100. The Morgan fingerprint density at radius 3 is 2.81 bits per heavy atom. The lowest BCUT2D eigenvalue weighted by molar-refractivity contribution is 0.104. The molecule has 0 bridgehead atoms. The van der Waals surface area contributed by atoms with Gasteiger partial charge in [0.05, 0.1) is 22.6 Å². The van der Waals surface area contributed by atoms with Crippen molar-refractivity contribution in [3.05, 3.63) is 63.0 Å². The molecule has 4 rings (SSSR count). The van der Waals surface area contributed by atoms with Crippen LogP contribution >= 0.6 is 11.6 Å². The molecule has 1 heterocycles. The summed E-state index contributed by atoms with van der Waals surface area (Å²) >= 11 is 6.31. The number of hydrogen-bond acceptors (Lipinski definition) is 4. The summed E-state index contributed by atoms with van der Waals surface area (Å²) in [5, 5.41) is 9.70. The molecular formula is C19H17ClN6O. The van der Waals surface area contributed by atoms with Crippen LogP contribution in [0, 0.1) is 0 Å². The number of aromatic nitrogens is 2. The number of ketones is 1. The van der Waals surface area contributed by atoms with Gasteiger partial charge < -0.3 is 4.90 Å². The number of likely N-dealkylation sites (N-methyl/N-ethyl adjacent to an activating group) is 1. The molecule has 1 aliphatic carbocycles. The van der Waals surface area contributed by atoms with E-state index in [1.807, 2.05) is 42.1 Å². The first-order valence-corrected chi connectivity index (χ1v) is 9.02. The fourth-order valence-corrected chi connectivity index (χ4v) is 3.76. The minimum absolute atomic E-state index is 0.0558. The average Bonchev–Trinajstić information content (AvgIpc) is 3.04. The normalized spacial score (nSPS) is 12.3. The summed E-state index contributed by atoms with van der Waals surface area (Å²) in [6, 6.07) is 11.2. The van der Waals surface area contributed by atoms with Crippen LogP contribution < -0.4 is 0 Å². The van der Waals surface area contributed by atoms with E-state index in [9.17, 15) is 4.79 Å². The van der Waals surface area contributed by atoms with Gasteiger partial charge in [-0.25, -0.2) is 0 Å². The monoisotopic (exact) mass is 380 g/mol. The van der Waals surface area contributed by atoms with Crippen molar-refractivity contribution in [1.29, 1.82) is 0 Å². The maximum atomic E-state index is 13.0. The molecule has 0 atom stereocenters. The summed E-state index contributed by atoms with van der Waals surface area (Å²) in [5.41, 5.74) is 12.1. The van der Waals surface area contributed by atoms with Crippen molar-refractivity contribution >= 4 is 28.3 Å². The van der Waals surface area contributed by atoms with E-state index in [0.29, 0.717) is 35.8 Å². The van der Waals surface area contributed by atoms with Gasteiger partial charge in [0.15, 0.2) is 5.78 Å². The quantitative estimate of drug-likeness (QED) is 0.286. The van der Waals surface area contributed by atoms with E-state index in [1.165, 1.54) is 0 Å². The van der Waals surface area contributed by atoms with Crippen LogP contribution in [0.1, 0.15) is 15.9 Å². The van der Waals surface area contributed by atoms with Crippen LogP contribution in [0.5, 0.6) is 0 Å². The van der Waals surface area contributed by atoms with Crippen LogP contribution in [0.4, 0.5) is 0 Å². The zero-order chi connectivity index (χ0) is 19.0. The van der Waals surface area contributed by atoms with Crippen molar-refractivity contribution in [3.8, 4) is 11.3 Å². The Morgan fingerprint density at radius 1 is 1.22 bits per heavy atom. The van der Waals surface area contributed by atoms with E-state index in [1.54, 1.807) is 6.07 Å². The van der Waals surface area contributed by atoms with Gasteiger partial charge in [-0.1, -0.05) is 41.0 Å². The third-order valence-electron chi connectivity index (χ3n) is 4.86. The average molecular weight is 381 g/mol. The molecule has 1 aliphatic rings. The van der Waals surface area contributed by atoms with E-state index in [-0.39, 0.29) is 5.78 Å². The predicted octanol–water partition coefficient (Wildman–Crippen LogP) is 4.14. The van der Waals surface area contributed by atoms with Crippen LogP contribution in [0.2, 0.25) is 5.02 Å². The highest BCUT2D eigenvalue weighted by Crippen LogP contribution is 2.41. The number of hydrogen-bond donors (Lipinski definition) is 0. The molecule has 136 valence electrons. The molecular weight excluding hydrogens is 364 g/mol. The largest absolute Gasteiger partial charge is 0.304 e. The number of nitrogens with zero attached hydrogens (tertiary/aromatic N) is 6. The highest BCUT2D eigenvalue weighted by Gasteiger charge is 2.30. The summed E-state index contributed by atoms with van der Waals surface area (Å²) < 4.78 is 1.93. The van der Waals surface area contributed by atoms with Gasteiger partial charge in [0.2, 0.25) is 0 Å². The number of halogens is 1. The topological polar surface area (TPSA) is 86.9 Å². The number of benzene rings is 2. The van der Waals surface area contributed by atoms with Crippen molar-refractivity contribution in [2.24, 2.45) is 5.11 Å². The number of carbonyl (C=O) groups is 1. The minimum Gasteiger partial charge on any atom is -0.304 e. The summed E-state index contributed by atoms with van der Waals surface area (Å²) in [4.78, 5) is 17.8. The zero-order valence-electron chi connectivity index (χ0n) is 14.8. The van der Waals surface area contributed by atoms with Gasteiger partial charge in [0.1, 0.15) is 5.69 Å². The van der Waals surface area contributed by atoms with E-state index >= 15 is 0 Å². The third-order valence-corrected chi connectivity index (χ3v) is 5.17. The molecule has 0 saturated carbocycles. The molecule has 0 amide bonds. The molecule has 0 radical (unpaired) electrons. The first-order chi connectivity index (χ1) is 13.1. The summed E-state index contributed by atoms with van der Waals surface area (Å²) in [6.07, 6.45) is 0. The molecule has 1 aromatic heterocycles. The Morgan fingerprint density at radius 2 is 2.00 bits per heavy atom. The van der Waals surface area contributed by atoms with Gasteiger partial charge >= 0.3 is 0 Å². The number of fused-ring (bicyclic) bond motifs is 2. The van der Waals surface area contributed by atoms with Crippen LogP contribution in [0.15, 0.2) is 41.5 Å². The van der Waals surface area contributed by atoms with Gasteiger partial charge in [-0.2, -0.15) is 5.10 Å². The summed E-state index contributed by atoms with van der Waals surface area (Å²) in [5.74, 6) is -0.0558. The first kappa shape index (κ1) is 17.5. The maximum absolute atomic E-state index is 13.0. The lowest BCUT2D eigenvalue weighted by Gasteiger charge is -2.15. The smallest absolute Gasteiger partial charge is 0.195 e. The maximum Gasteiger partial charge on any atom is 0.195 e. The Hall–Kier alpha value is -2.86. The molecule has 7 nitrogen and oxygen atoms in total. The van der Waals surface area contributed by atoms with Crippen LogP contribution in [0.25, 0.3) is 32.6 Å². The standard InChI is InChI=1S/C19H17ClN6O/c1-25(9-8-22-24-21)10-11-26-15-7-3-5-13-17(15)18(23-26)12-4-2-6-14(20)16(12)19(13)27/h2-7H,8-11H2,1H3. The highest BCUT2D eigenvalue weighted by molar-refractivity contribution is 6.38. The number of rotatable bonds is 6. The predicted molar refractivity (Wildman–Crippen MR) is 105 cm³/mol. The van der Waals surface area contributed by atoms with Gasteiger partial charge in [0.25, 0.3) is 0 Å². The molecule has 0 N–H and O–H groups in total. The molecule has 0 unspecified atom stereocenters. The fraction of sp³-hybridized carbons (Fsp3) is 0.263. The summed E-state index contributed by atoms with van der Waals surface area (Å²) in [7, 11) is 1.97. The molecule has 0 saturated heterocycles. The van der Waals surface area contributed by atoms with Gasteiger partial charge in [-0.05, 0) is 24.7 Å². The molecule has 8 heteroatoms. The second-order valence-electron chi connectivity index (χ2n) is 6.52. The van der Waals surface area contributed by atoms with Crippen molar-refractivity contribution in [2.75, 3.05) is 26.7 Å².